The highest BCUT2D eigenvalue weighted by Crippen LogP contribution is 2.45. The number of H-pyrrole nitrogens is 1. The number of sulfone groups is 1. The number of aromatic nitrogens is 7. The van der Waals surface area contributed by atoms with Gasteiger partial charge < -0.3 is 10.6 Å². The summed E-state index contributed by atoms with van der Waals surface area (Å²) in [5.41, 5.74) is 9.35. The summed E-state index contributed by atoms with van der Waals surface area (Å²) in [6.45, 7) is 0. The Labute approximate surface area is 227 Å². The van der Waals surface area contributed by atoms with Gasteiger partial charge in [0.25, 0.3) is 5.91 Å². The predicted molar refractivity (Wildman–Crippen MR) is 143 cm³/mol. The van der Waals surface area contributed by atoms with E-state index in [2.05, 4.69) is 25.5 Å². The predicted octanol–water partition coefficient (Wildman–Crippen LogP) is 2.74. The molecule has 0 radical (unpaired) electrons. The Morgan fingerprint density at radius 2 is 1.90 bits per heavy atom. The number of anilines is 1. The van der Waals surface area contributed by atoms with Crippen molar-refractivity contribution < 1.29 is 17.6 Å². The van der Waals surface area contributed by atoms with Crippen LogP contribution in [0.5, 0.6) is 0 Å². The molecule has 5 aromatic rings. The van der Waals surface area contributed by atoms with Gasteiger partial charge in [0.1, 0.15) is 16.5 Å². The summed E-state index contributed by atoms with van der Waals surface area (Å²) in [5.74, 6) is -0.842. The first kappa shape index (κ1) is 24.6. The number of hydrogen-bond donors (Lipinski definition) is 2. The average Bonchev–Trinajstić information content (AvgIpc) is 3.65. The maximum atomic E-state index is 13.9. The van der Waals surface area contributed by atoms with E-state index in [-0.39, 0.29) is 46.1 Å². The molecule has 12 nitrogen and oxygen atoms in total. The zero-order chi connectivity index (χ0) is 27.8. The van der Waals surface area contributed by atoms with E-state index in [0.717, 1.165) is 19.1 Å². The van der Waals surface area contributed by atoms with Gasteiger partial charge in [0.15, 0.2) is 21.2 Å². The van der Waals surface area contributed by atoms with Crippen molar-refractivity contribution in [2.45, 2.75) is 48.6 Å². The highest BCUT2D eigenvalue weighted by molar-refractivity contribution is 7.91. The van der Waals surface area contributed by atoms with E-state index in [1.807, 2.05) is 4.90 Å². The zero-order valence-electron chi connectivity index (χ0n) is 21.3. The van der Waals surface area contributed by atoms with Gasteiger partial charge in [0, 0.05) is 47.0 Å². The van der Waals surface area contributed by atoms with Crippen molar-refractivity contribution in [3.05, 3.63) is 60.1 Å². The van der Waals surface area contributed by atoms with Gasteiger partial charge in [-0.3, -0.25) is 9.78 Å². The van der Waals surface area contributed by atoms with Crippen molar-refractivity contribution in [1.82, 2.24) is 39.9 Å². The molecule has 2 fully saturated rings. The van der Waals surface area contributed by atoms with Crippen molar-refractivity contribution in [3.63, 3.8) is 0 Å². The van der Waals surface area contributed by atoms with E-state index in [1.165, 1.54) is 22.8 Å². The molecule has 204 valence electrons. The Morgan fingerprint density at radius 1 is 1.12 bits per heavy atom. The van der Waals surface area contributed by atoms with Crippen molar-refractivity contribution in [2.24, 2.45) is 0 Å². The van der Waals surface area contributed by atoms with Gasteiger partial charge in [0.2, 0.25) is 0 Å². The topological polar surface area (TPSA) is 165 Å². The Morgan fingerprint density at radius 3 is 2.60 bits per heavy atom. The minimum Gasteiger partial charge on any atom is -0.382 e. The molecule has 7 rings (SSSR count). The normalized spacial score (nSPS) is 20.9. The van der Waals surface area contributed by atoms with Crippen molar-refractivity contribution in [3.8, 4) is 11.1 Å². The lowest BCUT2D eigenvalue weighted by Gasteiger charge is -2.38. The van der Waals surface area contributed by atoms with Crippen LogP contribution in [0.15, 0.2) is 47.8 Å². The number of carbonyl (C=O) groups excluding carboxylic acids is 1. The molecule has 2 aliphatic heterocycles. The second-order valence-electron chi connectivity index (χ2n) is 10.5. The molecule has 2 saturated heterocycles. The number of amides is 1. The third kappa shape index (κ3) is 3.81. The smallest absolute Gasteiger partial charge is 0.276 e. The largest absolute Gasteiger partial charge is 0.382 e. The standard InChI is InChI=1S/C26H24FN9O3S/c1-40(38,39)23-22(14-8-17-3-4-18(9-14)35(17)26(37)21-12-30-34-33-21)32-25-19(11-31-36(25)24(23)28)15-6-13-7-16(27)2-5-20(13)29-10-15/h2,5-7,10-12,14,17-18H,3-4,8-9,28H2,1H3,(H,30,33,34)/t14?,17-,18+. The number of nitrogens with one attached hydrogen (secondary N) is 1. The summed E-state index contributed by atoms with van der Waals surface area (Å²) in [7, 11) is -3.78. The molecule has 2 aliphatic rings. The van der Waals surface area contributed by atoms with Crippen LogP contribution >= 0.6 is 0 Å². The number of halogens is 1. The highest BCUT2D eigenvalue weighted by Gasteiger charge is 2.46. The number of carbonyl (C=O) groups is 1. The first-order valence-corrected chi connectivity index (χ1v) is 14.7. The fourth-order valence-corrected chi connectivity index (χ4v) is 7.36. The molecule has 1 unspecified atom stereocenters. The third-order valence-electron chi connectivity index (χ3n) is 7.98. The van der Waals surface area contributed by atoms with Crippen LogP contribution in [0, 0.1) is 5.82 Å². The fraction of sp³-hybridized carbons (Fsp3) is 0.308. The molecule has 6 heterocycles. The molecule has 0 aliphatic carbocycles. The summed E-state index contributed by atoms with van der Waals surface area (Å²) in [4.78, 5) is 24.3. The molecule has 14 heteroatoms. The summed E-state index contributed by atoms with van der Waals surface area (Å²) in [6, 6.07) is 5.95. The number of fused-ring (bicyclic) bond motifs is 4. The van der Waals surface area contributed by atoms with Crippen molar-refractivity contribution >= 4 is 38.1 Å². The van der Waals surface area contributed by atoms with E-state index in [1.54, 1.807) is 24.5 Å². The molecule has 2 bridgehead atoms. The van der Waals surface area contributed by atoms with Gasteiger partial charge in [-0.1, -0.05) is 0 Å². The Bertz CT molecular complexity index is 1910. The van der Waals surface area contributed by atoms with Crippen LogP contribution in [0.1, 0.15) is 47.8 Å². The number of benzene rings is 1. The van der Waals surface area contributed by atoms with E-state index >= 15 is 0 Å². The molecular formula is C26H24FN9O3S. The molecule has 3 atom stereocenters. The summed E-state index contributed by atoms with van der Waals surface area (Å²) in [5, 5.41) is 15.1. The Kier molecular flexibility index (Phi) is 5.39. The maximum Gasteiger partial charge on any atom is 0.276 e. The van der Waals surface area contributed by atoms with Crippen LogP contribution < -0.4 is 5.73 Å². The van der Waals surface area contributed by atoms with Crippen molar-refractivity contribution in [2.75, 3.05) is 12.0 Å². The highest BCUT2D eigenvalue weighted by atomic mass is 32.2. The van der Waals surface area contributed by atoms with Gasteiger partial charge in [-0.15, -0.1) is 0 Å². The number of pyridine rings is 1. The number of rotatable bonds is 4. The number of nitrogen functional groups attached to an aromatic ring is 1. The van der Waals surface area contributed by atoms with Crippen LogP contribution in [-0.4, -0.2) is 72.6 Å². The van der Waals surface area contributed by atoms with E-state index in [9.17, 15) is 17.6 Å². The number of hydrogen-bond acceptors (Lipinski definition) is 9. The molecule has 1 aromatic carbocycles. The quantitative estimate of drug-likeness (QED) is 0.335. The van der Waals surface area contributed by atoms with E-state index < -0.39 is 9.84 Å². The first-order chi connectivity index (χ1) is 19.2. The van der Waals surface area contributed by atoms with Gasteiger partial charge in [-0.2, -0.15) is 25.0 Å². The third-order valence-corrected chi connectivity index (χ3v) is 9.14. The van der Waals surface area contributed by atoms with E-state index in [0.29, 0.717) is 46.2 Å². The van der Waals surface area contributed by atoms with Crippen LogP contribution in [0.3, 0.4) is 0 Å². The lowest BCUT2D eigenvalue weighted by molar-refractivity contribution is 0.0562. The minimum absolute atomic E-state index is 0.0259. The second-order valence-corrected chi connectivity index (χ2v) is 12.4. The maximum absolute atomic E-state index is 13.9. The molecular weight excluding hydrogens is 537 g/mol. The van der Waals surface area contributed by atoms with Crippen LogP contribution in [0.4, 0.5) is 10.2 Å². The van der Waals surface area contributed by atoms with Crippen LogP contribution in [0.25, 0.3) is 27.7 Å². The second kappa shape index (κ2) is 8.78. The monoisotopic (exact) mass is 561 g/mol. The number of aromatic amines is 1. The van der Waals surface area contributed by atoms with Gasteiger partial charge in [-0.25, -0.2) is 17.8 Å². The van der Waals surface area contributed by atoms with E-state index in [4.69, 9.17) is 10.7 Å². The van der Waals surface area contributed by atoms with Gasteiger partial charge in [0.05, 0.1) is 23.6 Å². The SMILES string of the molecule is CS(=O)(=O)c1c(C2C[C@H]3CC[C@@H](C2)N3C(=O)c2cn[nH]n2)nc2c(-c3cnc4ccc(F)cc4c3)cnn2c1N. The van der Waals surface area contributed by atoms with Crippen molar-refractivity contribution in [1.29, 1.82) is 0 Å². The Balaban J connectivity index is 1.34. The summed E-state index contributed by atoms with van der Waals surface area (Å²) >= 11 is 0. The lowest BCUT2D eigenvalue weighted by atomic mass is 9.87. The molecule has 4 aromatic heterocycles. The minimum atomic E-state index is -3.78. The Hall–Kier alpha value is -4.46. The molecule has 0 saturated carbocycles. The molecule has 40 heavy (non-hydrogen) atoms. The zero-order valence-corrected chi connectivity index (χ0v) is 22.1. The number of piperidine rings is 1. The summed E-state index contributed by atoms with van der Waals surface area (Å²) < 4.78 is 41.3. The van der Waals surface area contributed by atoms with Gasteiger partial charge >= 0.3 is 0 Å². The first-order valence-electron chi connectivity index (χ1n) is 12.8. The average molecular weight is 562 g/mol. The molecule has 1 amide bonds. The van der Waals surface area contributed by atoms with Gasteiger partial charge in [-0.05, 0) is 49.9 Å². The summed E-state index contributed by atoms with van der Waals surface area (Å²) in [6.07, 6.45) is 8.38. The molecule has 3 N–H and O–H groups in total. The molecule has 0 spiro atoms. The number of nitrogens with zero attached hydrogens (tertiary/aromatic N) is 7. The van der Waals surface area contributed by atoms with Crippen LogP contribution in [-0.2, 0) is 9.84 Å². The lowest BCUT2D eigenvalue weighted by Crippen LogP contribution is -2.46. The fourth-order valence-electron chi connectivity index (χ4n) is 6.30. The van der Waals surface area contributed by atoms with Crippen LogP contribution in [0.2, 0.25) is 0 Å². The number of nitrogens with two attached hydrogens (primary N) is 1.